The van der Waals surface area contributed by atoms with Gasteiger partial charge in [-0.25, -0.2) is 18.4 Å². The third-order valence-corrected chi connectivity index (χ3v) is 7.16. The Kier molecular flexibility index (Phi) is 5.35. The molecule has 0 amide bonds. The van der Waals surface area contributed by atoms with E-state index in [9.17, 15) is 8.42 Å². The molecule has 150 valence electrons. The lowest BCUT2D eigenvalue weighted by Gasteiger charge is -2.27. The molecule has 29 heavy (non-hydrogen) atoms. The lowest BCUT2D eigenvalue weighted by molar-refractivity contribution is 0.385. The summed E-state index contributed by atoms with van der Waals surface area (Å²) in [5.74, 6) is 1.21. The zero-order valence-electron chi connectivity index (χ0n) is 15.0. The molecule has 0 fully saturated rings. The maximum absolute atomic E-state index is 13.1. The van der Waals surface area contributed by atoms with Gasteiger partial charge in [0, 0.05) is 24.2 Å². The summed E-state index contributed by atoms with van der Waals surface area (Å²) in [6.07, 6.45) is 1.80. The van der Waals surface area contributed by atoms with Crippen molar-refractivity contribution >= 4 is 39.0 Å². The number of benzene rings is 2. The van der Waals surface area contributed by atoms with E-state index in [1.807, 2.05) is 0 Å². The molecule has 0 unspecified atom stereocenters. The number of hydrogen-bond acceptors (Lipinski definition) is 6. The van der Waals surface area contributed by atoms with Gasteiger partial charge >= 0.3 is 0 Å². The van der Waals surface area contributed by atoms with E-state index in [1.54, 1.807) is 30.3 Å². The quantitative estimate of drug-likeness (QED) is 0.646. The van der Waals surface area contributed by atoms with Gasteiger partial charge in [0.2, 0.25) is 10.0 Å². The number of rotatable bonds is 4. The lowest BCUT2D eigenvalue weighted by atomic mass is 10.1. The van der Waals surface area contributed by atoms with E-state index in [1.165, 1.54) is 22.8 Å². The third kappa shape index (κ3) is 4.02. The Labute approximate surface area is 178 Å². The fourth-order valence-corrected chi connectivity index (χ4v) is 4.81. The van der Waals surface area contributed by atoms with Crippen molar-refractivity contribution in [3.05, 3.63) is 70.1 Å². The van der Waals surface area contributed by atoms with Crippen molar-refractivity contribution in [2.75, 3.05) is 12.3 Å². The van der Waals surface area contributed by atoms with Gasteiger partial charge in [0.25, 0.3) is 0 Å². The van der Waals surface area contributed by atoms with Crippen LogP contribution in [0.25, 0.3) is 0 Å². The predicted molar refractivity (Wildman–Crippen MR) is 111 cm³/mol. The van der Waals surface area contributed by atoms with Crippen LogP contribution in [-0.4, -0.2) is 29.2 Å². The molecular formula is C19H16Cl2N4O3S. The summed E-state index contributed by atoms with van der Waals surface area (Å²) in [5, 5.41) is 0.756. The molecule has 2 heterocycles. The van der Waals surface area contributed by atoms with Gasteiger partial charge < -0.3 is 10.5 Å². The molecule has 0 aliphatic carbocycles. The highest BCUT2D eigenvalue weighted by molar-refractivity contribution is 7.89. The predicted octanol–water partition coefficient (Wildman–Crippen LogP) is 3.90. The van der Waals surface area contributed by atoms with Gasteiger partial charge in [-0.3, -0.25) is 0 Å². The van der Waals surface area contributed by atoms with Crippen molar-refractivity contribution in [3.63, 3.8) is 0 Å². The molecule has 0 saturated carbocycles. The number of anilines is 1. The van der Waals surface area contributed by atoms with Gasteiger partial charge in [-0.15, -0.1) is 0 Å². The molecule has 1 aromatic heterocycles. The van der Waals surface area contributed by atoms with Gasteiger partial charge in [-0.1, -0.05) is 29.3 Å². The molecule has 10 heteroatoms. The van der Waals surface area contributed by atoms with Crippen molar-refractivity contribution in [1.82, 2.24) is 14.3 Å². The average Bonchev–Trinajstić information content (AvgIpc) is 2.71. The van der Waals surface area contributed by atoms with Crippen LogP contribution in [0.3, 0.4) is 0 Å². The second kappa shape index (κ2) is 7.79. The van der Waals surface area contributed by atoms with E-state index in [0.717, 1.165) is 5.56 Å². The zero-order chi connectivity index (χ0) is 20.6. The summed E-state index contributed by atoms with van der Waals surface area (Å²) < 4.78 is 33.4. The Balaban J connectivity index is 1.59. The number of nitrogen functional groups attached to an aromatic ring is 1. The van der Waals surface area contributed by atoms with Crippen LogP contribution >= 0.6 is 23.2 Å². The molecule has 2 aromatic carbocycles. The van der Waals surface area contributed by atoms with Crippen LogP contribution in [0.2, 0.25) is 10.0 Å². The molecule has 7 nitrogen and oxygen atoms in total. The van der Waals surface area contributed by atoms with Gasteiger partial charge in [0.15, 0.2) is 0 Å². The van der Waals surface area contributed by atoms with Crippen LogP contribution in [-0.2, 0) is 23.0 Å². The number of hydrogen-bond donors (Lipinski definition) is 1. The summed E-state index contributed by atoms with van der Waals surface area (Å²) >= 11 is 11.9. The number of halogens is 2. The van der Waals surface area contributed by atoms with Crippen LogP contribution in [0.5, 0.6) is 11.5 Å². The Hall–Kier alpha value is -2.39. The first-order chi connectivity index (χ1) is 13.8. The molecular weight excluding hydrogens is 435 g/mol. The second-order valence-electron chi connectivity index (χ2n) is 6.43. The summed E-state index contributed by atoms with van der Waals surface area (Å²) in [6.45, 7) is 0.438. The van der Waals surface area contributed by atoms with Crippen molar-refractivity contribution in [1.29, 1.82) is 0 Å². The minimum absolute atomic E-state index is 0.125. The molecule has 4 rings (SSSR count). The minimum atomic E-state index is -3.74. The van der Waals surface area contributed by atoms with Crippen molar-refractivity contribution in [2.45, 2.75) is 17.9 Å². The monoisotopic (exact) mass is 450 g/mol. The molecule has 0 atom stereocenters. The average molecular weight is 451 g/mol. The number of nitrogens with two attached hydrogens (primary N) is 1. The highest BCUT2D eigenvalue weighted by Gasteiger charge is 2.30. The van der Waals surface area contributed by atoms with E-state index in [0.29, 0.717) is 46.0 Å². The third-order valence-electron chi connectivity index (χ3n) is 4.58. The number of aromatic nitrogens is 2. The summed E-state index contributed by atoms with van der Waals surface area (Å²) in [7, 11) is -3.74. The first-order valence-corrected chi connectivity index (χ1v) is 10.9. The van der Waals surface area contributed by atoms with Crippen LogP contribution < -0.4 is 10.5 Å². The second-order valence-corrected chi connectivity index (χ2v) is 9.18. The Morgan fingerprint density at radius 1 is 1.03 bits per heavy atom. The van der Waals surface area contributed by atoms with Crippen molar-refractivity contribution in [2.24, 2.45) is 0 Å². The molecule has 1 aliphatic heterocycles. The van der Waals surface area contributed by atoms with Crippen LogP contribution in [0.1, 0.15) is 11.3 Å². The van der Waals surface area contributed by atoms with E-state index in [4.69, 9.17) is 33.7 Å². The van der Waals surface area contributed by atoms with Crippen molar-refractivity contribution in [3.8, 4) is 11.5 Å². The maximum atomic E-state index is 13.1. The lowest BCUT2D eigenvalue weighted by Crippen LogP contribution is -2.36. The molecule has 0 radical (unpaired) electrons. The highest BCUT2D eigenvalue weighted by Crippen LogP contribution is 2.31. The van der Waals surface area contributed by atoms with Crippen LogP contribution in [0.4, 0.5) is 5.82 Å². The normalized spacial score (nSPS) is 14.4. The van der Waals surface area contributed by atoms with E-state index < -0.39 is 10.0 Å². The number of nitrogens with zero attached hydrogens (tertiary/aromatic N) is 3. The van der Waals surface area contributed by atoms with Gasteiger partial charge in [-0.2, -0.15) is 4.31 Å². The van der Waals surface area contributed by atoms with Crippen LogP contribution in [0.15, 0.2) is 53.7 Å². The van der Waals surface area contributed by atoms with E-state index >= 15 is 0 Å². The first-order valence-electron chi connectivity index (χ1n) is 8.66. The Bertz CT molecular complexity index is 1190. The topological polar surface area (TPSA) is 98.4 Å². The fourth-order valence-electron chi connectivity index (χ4n) is 3.08. The molecule has 0 saturated heterocycles. The molecule has 0 spiro atoms. The van der Waals surface area contributed by atoms with Crippen molar-refractivity contribution < 1.29 is 13.2 Å². The smallest absolute Gasteiger partial charge is 0.243 e. The summed E-state index contributed by atoms with van der Waals surface area (Å²) in [5.41, 5.74) is 7.29. The standard InChI is InChI=1S/C19H16Cl2N4O3S/c20-16-5-4-13(9-17(16)21)28-12-2-1-3-14(8-12)29(26,27)25-7-6-15-18(10-25)23-11-24-19(15)22/h1-5,8-9,11H,6-7,10H2,(H2,22,23,24). The molecule has 0 bridgehead atoms. The number of fused-ring (bicyclic) bond motifs is 1. The molecule has 2 N–H and O–H groups in total. The van der Waals surface area contributed by atoms with Gasteiger partial charge in [0.1, 0.15) is 23.6 Å². The minimum Gasteiger partial charge on any atom is -0.457 e. The SMILES string of the molecule is Nc1ncnc2c1CCN(S(=O)(=O)c1cccc(Oc3ccc(Cl)c(Cl)c3)c1)C2. The Morgan fingerprint density at radius 2 is 1.83 bits per heavy atom. The van der Waals surface area contributed by atoms with E-state index in [-0.39, 0.29) is 11.4 Å². The zero-order valence-corrected chi connectivity index (χ0v) is 17.4. The first kappa shape index (κ1) is 19.9. The molecule has 1 aliphatic rings. The van der Waals surface area contributed by atoms with Crippen LogP contribution in [0, 0.1) is 0 Å². The largest absolute Gasteiger partial charge is 0.457 e. The van der Waals surface area contributed by atoms with Gasteiger partial charge in [0.05, 0.1) is 27.2 Å². The number of sulfonamides is 1. The fraction of sp³-hybridized carbons (Fsp3) is 0.158. The highest BCUT2D eigenvalue weighted by atomic mass is 35.5. The summed E-state index contributed by atoms with van der Waals surface area (Å²) in [6, 6.07) is 11.1. The number of ether oxygens (including phenoxy) is 1. The van der Waals surface area contributed by atoms with Gasteiger partial charge in [-0.05, 0) is 30.7 Å². The van der Waals surface area contributed by atoms with E-state index in [2.05, 4.69) is 9.97 Å². The Morgan fingerprint density at radius 3 is 2.62 bits per heavy atom. The maximum Gasteiger partial charge on any atom is 0.243 e. The molecule has 3 aromatic rings. The summed E-state index contributed by atoms with van der Waals surface area (Å²) in [4.78, 5) is 8.27.